The SMILES string of the molecule is COC(=O)NC(C(=O)N1CCCC1c1ncc(-c2cc(F)c3c(c2)OC(c2ccc(C4CC4)s2)n2c-3cc3cc(-c4cnc(C5CCCN5C(=O)OC(C)(C)C)[nH]4)ccc32)[nH]1)C(C)C. The fraction of sp³-hybridized carbons (Fsp3) is 0.438. The van der Waals surface area contributed by atoms with Crippen molar-refractivity contribution in [3.8, 4) is 39.5 Å². The number of alkyl carbamates (subject to hydrolysis) is 1. The van der Waals surface area contributed by atoms with Crippen LogP contribution in [0.4, 0.5) is 14.0 Å². The number of thiophene rings is 1. The molecule has 3 fully saturated rings. The minimum atomic E-state index is -0.758. The Morgan fingerprint density at radius 3 is 2.22 bits per heavy atom. The second kappa shape index (κ2) is 16.1. The number of aromatic nitrogens is 5. The molecule has 4 aliphatic rings. The highest BCUT2D eigenvalue weighted by Crippen LogP contribution is 2.50. The number of amides is 3. The lowest BCUT2D eigenvalue weighted by Crippen LogP contribution is -2.51. The molecule has 2 aromatic carbocycles. The van der Waals surface area contributed by atoms with Crippen molar-refractivity contribution in [3.05, 3.63) is 88.1 Å². The first-order chi connectivity index (χ1) is 30.7. The van der Waals surface area contributed by atoms with Gasteiger partial charge in [-0.1, -0.05) is 19.9 Å². The molecule has 4 aromatic heterocycles. The van der Waals surface area contributed by atoms with Crippen LogP contribution in [-0.4, -0.2) is 84.2 Å². The summed E-state index contributed by atoms with van der Waals surface area (Å²) in [6.07, 6.45) is 7.41. The van der Waals surface area contributed by atoms with Crippen molar-refractivity contribution < 1.29 is 33.0 Å². The highest BCUT2D eigenvalue weighted by atomic mass is 32.1. The number of ether oxygens (including phenoxy) is 3. The molecule has 2 saturated heterocycles. The van der Waals surface area contributed by atoms with Crippen LogP contribution in [-0.2, 0) is 14.3 Å². The number of nitrogens with zero attached hydrogens (tertiary/aromatic N) is 5. The lowest BCUT2D eigenvalue weighted by molar-refractivity contribution is -0.135. The molecule has 6 aromatic rings. The molecule has 4 atom stereocenters. The fourth-order valence-electron chi connectivity index (χ4n) is 9.46. The third-order valence-electron chi connectivity index (χ3n) is 12.7. The molecule has 64 heavy (non-hydrogen) atoms. The summed E-state index contributed by atoms with van der Waals surface area (Å²) in [6.45, 7) is 10.5. The Kier molecular flexibility index (Phi) is 10.5. The summed E-state index contributed by atoms with van der Waals surface area (Å²) in [5.41, 5.74) is 4.27. The molecule has 334 valence electrons. The predicted molar refractivity (Wildman–Crippen MR) is 240 cm³/mol. The molecule has 1 aliphatic carbocycles. The number of hydrogen-bond acceptors (Lipinski definition) is 9. The van der Waals surface area contributed by atoms with Gasteiger partial charge in [0.05, 0.1) is 64.6 Å². The molecular formula is C48H53FN8O6S. The van der Waals surface area contributed by atoms with Gasteiger partial charge in [-0.25, -0.2) is 23.9 Å². The molecule has 14 nitrogen and oxygen atoms in total. The van der Waals surface area contributed by atoms with Gasteiger partial charge in [-0.2, -0.15) is 0 Å². The molecule has 10 rings (SSSR count). The number of nitrogens with one attached hydrogen (secondary N) is 3. The fourth-order valence-corrected chi connectivity index (χ4v) is 10.7. The summed E-state index contributed by atoms with van der Waals surface area (Å²) >= 11 is 1.74. The highest BCUT2D eigenvalue weighted by Gasteiger charge is 2.39. The third-order valence-corrected chi connectivity index (χ3v) is 14.0. The van der Waals surface area contributed by atoms with E-state index in [4.69, 9.17) is 24.2 Å². The van der Waals surface area contributed by atoms with E-state index in [0.29, 0.717) is 65.3 Å². The standard InChI is InChI=1S/C48H53FN8O6S/c1-25(2)41(54-46(59)61-6)44(58)55-17-7-9-34(55)42-51-24-32(53-42)28-20-30(49)40-36-21-29-19-27(31-23-50-43(52-31)35-10-8-18-56(35)47(60)63-48(3,4)5)13-14-33(29)57(36)45(62-37(40)22-28)39-16-15-38(64-39)26-11-12-26/h13-16,19-26,34-35,41,45H,7-12,17-18H2,1-6H3,(H,50,52)(H,51,53)(H,54,59). The van der Waals surface area contributed by atoms with Gasteiger partial charge >= 0.3 is 12.2 Å². The number of likely N-dealkylation sites (tertiary alicyclic amines) is 2. The van der Waals surface area contributed by atoms with Crippen molar-refractivity contribution in [2.45, 2.75) is 109 Å². The summed E-state index contributed by atoms with van der Waals surface area (Å²) in [5, 5.41) is 3.61. The Bertz CT molecular complexity index is 2780. The van der Waals surface area contributed by atoms with E-state index >= 15 is 4.39 Å². The smallest absolute Gasteiger partial charge is 0.410 e. The molecule has 16 heteroatoms. The van der Waals surface area contributed by atoms with Gasteiger partial charge in [0.25, 0.3) is 0 Å². The van der Waals surface area contributed by atoms with E-state index in [2.05, 4.69) is 44.1 Å². The highest BCUT2D eigenvalue weighted by molar-refractivity contribution is 7.12. The number of rotatable bonds is 9. The Balaban J connectivity index is 0.976. The largest absolute Gasteiger partial charge is 0.464 e. The number of hydrogen-bond donors (Lipinski definition) is 3. The van der Waals surface area contributed by atoms with Crippen molar-refractivity contribution in [1.29, 1.82) is 0 Å². The number of H-pyrrole nitrogens is 2. The third kappa shape index (κ3) is 7.68. The normalized spacial score (nSPS) is 20.0. The van der Waals surface area contributed by atoms with Crippen molar-refractivity contribution in [3.63, 3.8) is 0 Å². The predicted octanol–water partition coefficient (Wildman–Crippen LogP) is 10.2. The van der Waals surface area contributed by atoms with Gasteiger partial charge in [0, 0.05) is 34.5 Å². The number of carbonyl (C=O) groups is 3. The van der Waals surface area contributed by atoms with Crippen LogP contribution >= 0.6 is 11.3 Å². The zero-order valence-electron chi connectivity index (χ0n) is 36.9. The van der Waals surface area contributed by atoms with Gasteiger partial charge in [0.15, 0.2) is 0 Å². The summed E-state index contributed by atoms with van der Waals surface area (Å²) in [7, 11) is 1.27. The number of carbonyl (C=O) groups excluding carboxylic acids is 3. The molecule has 1 saturated carbocycles. The van der Waals surface area contributed by atoms with Gasteiger partial charge in [-0.15, -0.1) is 11.3 Å². The Morgan fingerprint density at radius 2 is 1.55 bits per heavy atom. The quantitative estimate of drug-likeness (QED) is 0.129. The average Bonchev–Trinajstić information content (AvgIpc) is 3.98. The van der Waals surface area contributed by atoms with Gasteiger partial charge in [0.2, 0.25) is 12.1 Å². The number of aromatic amines is 2. The Hall–Kier alpha value is -6.16. The summed E-state index contributed by atoms with van der Waals surface area (Å²) < 4.78 is 36.3. The van der Waals surface area contributed by atoms with Crippen LogP contribution < -0.4 is 10.1 Å². The molecule has 0 spiro atoms. The lowest BCUT2D eigenvalue weighted by Gasteiger charge is -2.30. The first kappa shape index (κ1) is 41.8. The van der Waals surface area contributed by atoms with E-state index in [1.54, 1.807) is 33.5 Å². The van der Waals surface area contributed by atoms with E-state index in [-0.39, 0.29) is 30.0 Å². The van der Waals surface area contributed by atoms with E-state index in [1.165, 1.54) is 30.9 Å². The van der Waals surface area contributed by atoms with Gasteiger partial charge in [-0.3, -0.25) is 14.3 Å². The van der Waals surface area contributed by atoms with Crippen molar-refractivity contribution in [2.24, 2.45) is 5.92 Å². The van der Waals surface area contributed by atoms with Crippen molar-refractivity contribution in [2.75, 3.05) is 20.2 Å². The molecule has 3 amide bonds. The van der Waals surface area contributed by atoms with Crippen LogP contribution in [0.15, 0.2) is 60.9 Å². The van der Waals surface area contributed by atoms with E-state index in [0.717, 1.165) is 46.3 Å². The number of halogens is 1. The molecule has 4 unspecified atom stereocenters. The van der Waals surface area contributed by atoms with Gasteiger partial charge in [0.1, 0.15) is 34.9 Å². The summed E-state index contributed by atoms with van der Waals surface area (Å²) in [6, 6.07) is 14.6. The second-order valence-corrected chi connectivity index (χ2v) is 19.9. The van der Waals surface area contributed by atoms with Crippen LogP contribution in [0.2, 0.25) is 0 Å². The number of imidazole rings is 2. The lowest BCUT2D eigenvalue weighted by atomic mass is 10.0. The van der Waals surface area contributed by atoms with Crippen LogP contribution in [0, 0.1) is 11.7 Å². The van der Waals surface area contributed by atoms with E-state index in [1.807, 2.05) is 52.8 Å². The topological polar surface area (TPSA) is 160 Å². The van der Waals surface area contributed by atoms with Crippen molar-refractivity contribution in [1.82, 2.24) is 39.6 Å². The zero-order chi connectivity index (χ0) is 44.6. The van der Waals surface area contributed by atoms with E-state index in [9.17, 15) is 14.4 Å². The molecule has 0 radical (unpaired) electrons. The molecule has 3 N–H and O–H groups in total. The van der Waals surface area contributed by atoms with Crippen LogP contribution in [0.3, 0.4) is 0 Å². The van der Waals surface area contributed by atoms with Gasteiger partial charge in [-0.05, 0) is 114 Å². The minimum absolute atomic E-state index is 0.163. The molecule has 3 aliphatic heterocycles. The Labute approximate surface area is 374 Å². The zero-order valence-corrected chi connectivity index (χ0v) is 37.7. The minimum Gasteiger partial charge on any atom is -0.464 e. The Morgan fingerprint density at radius 1 is 0.875 bits per heavy atom. The molecular weight excluding hydrogens is 836 g/mol. The number of methoxy groups -OCH3 is 1. The van der Waals surface area contributed by atoms with Crippen LogP contribution in [0.25, 0.3) is 44.7 Å². The summed E-state index contributed by atoms with van der Waals surface area (Å²) in [5.74, 6) is 1.49. The maximum Gasteiger partial charge on any atom is 0.410 e. The maximum absolute atomic E-state index is 16.8. The summed E-state index contributed by atoms with van der Waals surface area (Å²) in [4.78, 5) is 61.2. The maximum atomic E-state index is 16.8. The number of fused-ring (bicyclic) bond motifs is 5. The monoisotopic (exact) mass is 888 g/mol. The average molecular weight is 889 g/mol. The molecule has 0 bridgehead atoms. The first-order valence-electron chi connectivity index (χ1n) is 22.2. The second-order valence-electron chi connectivity index (χ2n) is 18.7. The first-order valence-corrected chi connectivity index (χ1v) is 23.1. The van der Waals surface area contributed by atoms with Crippen molar-refractivity contribution >= 4 is 40.3 Å². The van der Waals surface area contributed by atoms with Gasteiger partial charge < -0.3 is 34.4 Å². The van der Waals surface area contributed by atoms with Crippen LogP contribution in [0.1, 0.15) is 119 Å². The van der Waals surface area contributed by atoms with Crippen LogP contribution in [0.5, 0.6) is 5.75 Å². The van der Waals surface area contributed by atoms with E-state index < -0.39 is 29.8 Å². The number of benzene rings is 2. The molecule has 7 heterocycles.